The van der Waals surface area contributed by atoms with Crippen LogP contribution in [0, 0.1) is 10.1 Å². The Hall–Kier alpha value is -2.52. The number of likely N-dealkylation sites (tertiary alicyclic amines) is 1. The fourth-order valence-electron chi connectivity index (χ4n) is 3.60. The molecule has 3 heterocycles. The van der Waals surface area contributed by atoms with Crippen LogP contribution in [-0.2, 0) is 6.42 Å². The van der Waals surface area contributed by atoms with E-state index >= 15 is 0 Å². The number of nitro benzene ring substituents is 1. The lowest BCUT2D eigenvalue weighted by atomic mass is 10.00. The Morgan fingerprint density at radius 3 is 2.56 bits per heavy atom. The molecule has 2 aromatic heterocycles. The zero-order chi connectivity index (χ0) is 19.0. The molecule has 0 spiro atoms. The molecule has 1 atom stereocenters. The summed E-state index contributed by atoms with van der Waals surface area (Å²) in [6.07, 6.45) is 4.11. The minimum Gasteiger partial charge on any atom is -0.492 e. The van der Waals surface area contributed by atoms with E-state index in [1.807, 2.05) is 6.92 Å². The first-order valence-electron chi connectivity index (χ1n) is 9.14. The molecule has 1 fully saturated rings. The topological polar surface area (TPSA) is 96.8 Å². The van der Waals surface area contributed by atoms with E-state index in [0.29, 0.717) is 17.2 Å². The van der Waals surface area contributed by atoms with Gasteiger partial charge in [-0.25, -0.2) is 4.98 Å². The zero-order valence-electron chi connectivity index (χ0n) is 15.0. The normalized spacial score (nSPS) is 16.6. The van der Waals surface area contributed by atoms with E-state index in [1.54, 1.807) is 12.1 Å². The number of benzene rings is 1. The van der Waals surface area contributed by atoms with Crippen LogP contribution in [0.25, 0.3) is 4.96 Å². The lowest BCUT2D eigenvalue weighted by Gasteiger charge is -2.34. The molecular weight excluding hydrogens is 366 g/mol. The summed E-state index contributed by atoms with van der Waals surface area (Å²) in [5, 5.41) is 26.2. The average molecular weight is 387 g/mol. The van der Waals surface area contributed by atoms with Gasteiger partial charge in [0.15, 0.2) is 5.82 Å². The number of nitrogens with zero attached hydrogens (tertiary/aromatic N) is 5. The van der Waals surface area contributed by atoms with Gasteiger partial charge in [-0.1, -0.05) is 36.8 Å². The van der Waals surface area contributed by atoms with Crippen LogP contribution >= 0.6 is 11.3 Å². The number of aryl methyl sites for hydroxylation is 1. The van der Waals surface area contributed by atoms with E-state index in [1.165, 1.54) is 34.4 Å². The number of non-ortho nitro benzene ring substituents is 1. The summed E-state index contributed by atoms with van der Waals surface area (Å²) in [6.45, 7) is 3.83. The van der Waals surface area contributed by atoms with Crippen LogP contribution in [-0.4, -0.2) is 42.6 Å². The van der Waals surface area contributed by atoms with E-state index in [9.17, 15) is 15.2 Å². The highest BCUT2D eigenvalue weighted by Gasteiger charge is 2.30. The van der Waals surface area contributed by atoms with Crippen molar-refractivity contribution in [1.29, 1.82) is 0 Å². The van der Waals surface area contributed by atoms with E-state index in [4.69, 9.17) is 0 Å². The molecule has 0 bridgehead atoms. The van der Waals surface area contributed by atoms with Crippen molar-refractivity contribution < 1.29 is 10.0 Å². The number of rotatable bonds is 5. The van der Waals surface area contributed by atoms with Crippen molar-refractivity contribution in [2.45, 2.75) is 38.6 Å². The standard InChI is InChI=1S/C18H21N5O3S/c1-2-14-19-18-22(20-14)17(24)16(27-18)15(21-10-4-3-5-11-21)12-6-8-13(9-7-12)23(25)26/h6-9,15,24H,2-5,10-11H2,1H3/t15-/m0/s1. The molecule has 0 radical (unpaired) electrons. The Balaban J connectivity index is 1.79. The van der Waals surface area contributed by atoms with Gasteiger partial charge in [-0.2, -0.15) is 4.52 Å². The lowest BCUT2D eigenvalue weighted by molar-refractivity contribution is -0.384. The van der Waals surface area contributed by atoms with E-state index in [0.717, 1.165) is 36.4 Å². The third kappa shape index (κ3) is 3.28. The number of aromatic nitrogens is 3. The predicted molar refractivity (Wildman–Crippen MR) is 102 cm³/mol. The zero-order valence-corrected chi connectivity index (χ0v) is 15.9. The first-order chi connectivity index (χ1) is 13.1. The van der Waals surface area contributed by atoms with Crippen molar-refractivity contribution in [2.75, 3.05) is 13.1 Å². The van der Waals surface area contributed by atoms with Crippen LogP contribution < -0.4 is 0 Å². The Kier molecular flexibility index (Phi) is 4.79. The average Bonchev–Trinajstić information content (AvgIpc) is 3.23. The van der Waals surface area contributed by atoms with Gasteiger partial charge in [0.2, 0.25) is 10.8 Å². The minimum atomic E-state index is -0.396. The smallest absolute Gasteiger partial charge is 0.269 e. The van der Waals surface area contributed by atoms with Gasteiger partial charge in [0.1, 0.15) is 0 Å². The summed E-state index contributed by atoms with van der Waals surface area (Å²) in [6, 6.07) is 6.45. The van der Waals surface area contributed by atoms with Crippen LogP contribution in [0.1, 0.15) is 48.5 Å². The first kappa shape index (κ1) is 17.9. The molecule has 4 rings (SSSR count). The summed E-state index contributed by atoms with van der Waals surface area (Å²) in [4.78, 5) is 18.8. The molecule has 0 aliphatic carbocycles. The Morgan fingerprint density at radius 1 is 1.26 bits per heavy atom. The fraction of sp³-hybridized carbons (Fsp3) is 0.444. The van der Waals surface area contributed by atoms with Crippen LogP contribution in [0.3, 0.4) is 0 Å². The molecule has 0 unspecified atom stereocenters. The van der Waals surface area contributed by atoms with Crippen LogP contribution in [0.4, 0.5) is 5.69 Å². The maximum atomic E-state index is 11.0. The van der Waals surface area contributed by atoms with E-state index < -0.39 is 4.92 Å². The third-order valence-corrected chi connectivity index (χ3v) is 6.06. The van der Waals surface area contributed by atoms with Gasteiger partial charge in [0.05, 0.1) is 15.8 Å². The monoisotopic (exact) mass is 387 g/mol. The molecule has 0 amide bonds. The van der Waals surface area contributed by atoms with Crippen molar-refractivity contribution in [3.63, 3.8) is 0 Å². The third-order valence-electron chi connectivity index (χ3n) is 4.98. The highest BCUT2D eigenvalue weighted by Crippen LogP contribution is 2.41. The van der Waals surface area contributed by atoms with Crippen molar-refractivity contribution in [3.8, 4) is 5.88 Å². The molecule has 0 saturated carbocycles. The van der Waals surface area contributed by atoms with Crippen molar-refractivity contribution in [1.82, 2.24) is 19.5 Å². The molecule has 9 heteroatoms. The van der Waals surface area contributed by atoms with Gasteiger partial charge < -0.3 is 5.11 Å². The molecule has 27 heavy (non-hydrogen) atoms. The SMILES string of the molecule is CCc1nc2sc([C@H](c3ccc([N+](=O)[O-])cc3)N3CCCCC3)c(O)n2n1. The number of hydrogen-bond donors (Lipinski definition) is 1. The fourth-order valence-corrected chi connectivity index (χ4v) is 4.74. The summed E-state index contributed by atoms with van der Waals surface area (Å²) >= 11 is 1.43. The molecule has 1 saturated heterocycles. The van der Waals surface area contributed by atoms with Gasteiger partial charge in [-0.15, -0.1) is 5.10 Å². The number of nitro groups is 1. The maximum absolute atomic E-state index is 11.0. The molecule has 1 aliphatic heterocycles. The van der Waals surface area contributed by atoms with Crippen LogP contribution in [0.2, 0.25) is 0 Å². The number of fused-ring (bicyclic) bond motifs is 1. The highest BCUT2D eigenvalue weighted by molar-refractivity contribution is 7.17. The van der Waals surface area contributed by atoms with Gasteiger partial charge in [0.25, 0.3) is 5.69 Å². The second kappa shape index (κ2) is 7.24. The molecule has 142 valence electrons. The number of aromatic hydroxyl groups is 1. The Labute approximate surface area is 160 Å². The number of thiazole rings is 1. The molecule has 8 nitrogen and oxygen atoms in total. The van der Waals surface area contributed by atoms with Crippen molar-refractivity contribution in [2.24, 2.45) is 0 Å². The van der Waals surface area contributed by atoms with Gasteiger partial charge in [0, 0.05) is 18.6 Å². The molecular formula is C18H21N5O3S. The van der Waals surface area contributed by atoms with Gasteiger partial charge >= 0.3 is 0 Å². The Bertz CT molecular complexity index is 959. The van der Waals surface area contributed by atoms with Crippen molar-refractivity contribution in [3.05, 3.63) is 50.6 Å². The molecule has 1 aliphatic rings. The number of hydrogen-bond acceptors (Lipinski definition) is 7. The quantitative estimate of drug-likeness (QED) is 0.531. The van der Waals surface area contributed by atoms with E-state index in [-0.39, 0.29) is 17.6 Å². The lowest BCUT2D eigenvalue weighted by Crippen LogP contribution is -2.34. The summed E-state index contributed by atoms with van der Waals surface area (Å²) in [5.74, 6) is 0.809. The largest absolute Gasteiger partial charge is 0.492 e. The summed E-state index contributed by atoms with van der Waals surface area (Å²) in [5.41, 5.74) is 0.994. The second-order valence-corrected chi connectivity index (χ2v) is 7.72. The van der Waals surface area contributed by atoms with E-state index in [2.05, 4.69) is 15.0 Å². The van der Waals surface area contributed by atoms with Crippen molar-refractivity contribution >= 4 is 22.0 Å². The number of piperidine rings is 1. The second-order valence-electron chi connectivity index (χ2n) is 6.71. The first-order valence-corrected chi connectivity index (χ1v) is 9.96. The molecule has 1 aromatic carbocycles. The maximum Gasteiger partial charge on any atom is 0.269 e. The van der Waals surface area contributed by atoms with Gasteiger partial charge in [-0.3, -0.25) is 15.0 Å². The predicted octanol–water partition coefficient (Wildman–Crippen LogP) is 3.54. The van der Waals surface area contributed by atoms with Gasteiger partial charge in [-0.05, 0) is 31.5 Å². The van der Waals surface area contributed by atoms with Crippen LogP contribution in [0.15, 0.2) is 24.3 Å². The Morgan fingerprint density at radius 2 is 1.96 bits per heavy atom. The minimum absolute atomic E-state index is 0.0654. The summed E-state index contributed by atoms with van der Waals surface area (Å²) < 4.78 is 1.50. The highest BCUT2D eigenvalue weighted by atomic mass is 32.1. The summed E-state index contributed by atoms with van der Waals surface area (Å²) in [7, 11) is 0. The molecule has 3 aromatic rings. The van der Waals surface area contributed by atoms with Crippen LogP contribution in [0.5, 0.6) is 5.88 Å². The molecule has 1 N–H and O–H groups in total.